The van der Waals surface area contributed by atoms with Crippen molar-refractivity contribution < 1.29 is 5.11 Å². The van der Waals surface area contributed by atoms with E-state index in [0.29, 0.717) is 0 Å². The van der Waals surface area contributed by atoms with Crippen molar-refractivity contribution in [3.8, 4) is 5.88 Å². The first-order valence-corrected chi connectivity index (χ1v) is 1.84. The average Bonchev–Trinajstić information content (AvgIpc) is 1.69. The van der Waals surface area contributed by atoms with Crippen LogP contribution in [0.5, 0.6) is 5.88 Å². The summed E-state index contributed by atoms with van der Waals surface area (Å²) in [6.45, 7) is 0. The molecule has 0 saturated carbocycles. The van der Waals surface area contributed by atoms with Gasteiger partial charge in [-0.1, -0.05) is 0 Å². The number of aromatic hydroxyl groups is 1. The molecule has 0 fully saturated rings. The number of hydrogen-bond acceptors (Lipinski definition) is 3. The van der Waals surface area contributed by atoms with Gasteiger partial charge in [-0.2, -0.15) is 0 Å². The van der Waals surface area contributed by atoms with Gasteiger partial charge in [0, 0.05) is 12.4 Å². The third-order valence-electron chi connectivity index (χ3n) is 0.550. The predicted molar refractivity (Wildman–Crippen MR) is 30.8 cm³/mol. The van der Waals surface area contributed by atoms with Crippen LogP contribution in [-0.4, -0.2) is 44.6 Å². The average molecular weight is 120 g/mol. The molecule has 0 saturated heterocycles. The Hall–Kier alpha value is -0.120. The van der Waals surface area contributed by atoms with Gasteiger partial charge in [0.15, 0.2) is 0 Å². The summed E-state index contributed by atoms with van der Waals surface area (Å²) in [6, 6.07) is 0. The fraction of sp³-hybridized carbons (Fsp3) is 0. The summed E-state index contributed by atoms with van der Waals surface area (Å²) in [5.41, 5.74) is 0. The van der Waals surface area contributed by atoms with Crippen LogP contribution in [0.4, 0.5) is 0 Å². The summed E-state index contributed by atoms with van der Waals surface area (Å²) >= 11 is 0. The summed E-state index contributed by atoms with van der Waals surface area (Å²) < 4.78 is 0. The predicted octanol–water partition coefficient (Wildman–Crippen LogP) is -0.466. The van der Waals surface area contributed by atoms with Gasteiger partial charge < -0.3 is 5.11 Å². The van der Waals surface area contributed by atoms with E-state index >= 15 is 0 Å². The molecule has 8 heavy (non-hydrogen) atoms. The van der Waals surface area contributed by atoms with Gasteiger partial charge in [-0.15, -0.1) is 0 Å². The van der Waals surface area contributed by atoms with Crippen molar-refractivity contribution in [2.75, 3.05) is 0 Å². The van der Waals surface area contributed by atoms with Gasteiger partial charge >= 0.3 is 29.6 Å². The van der Waals surface area contributed by atoms with E-state index in [1.807, 2.05) is 0 Å². The Balaban J connectivity index is 0.000000490. The Morgan fingerprint density at radius 1 is 1.38 bits per heavy atom. The Morgan fingerprint density at radius 3 is 2.38 bits per heavy atom. The maximum atomic E-state index is 8.46. The van der Waals surface area contributed by atoms with Crippen LogP contribution in [0.25, 0.3) is 0 Å². The third-order valence-corrected chi connectivity index (χ3v) is 0.550. The van der Waals surface area contributed by atoms with Crippen molar-refractivity contribution in [3.05, 3.63) is 18.6 Å². The van der Waals surface area contributed by atoms with Crippen LogP contribution in [0.15, 0.2) is 18.6 Å². The normalized spacial score (nSPS) is 7.50. The second-order valence-corrected chi connectivity index (χ2v) is 1.06. The van der Waals surface area contributed by atoms with E-state index in [1.54, 1.807) is 0 Å². The summed E-state index contributed by atoms with van der Waals surface area (Å²) in [6.07, 6.45) is 4.20. The molecule has 0 spiro atoms. The quantitative estimate of drug-likeness (QED) is 0.471. The molecule has 4 heteroatoms. The van der Waals surface area contributed by atoms with Crippen molar-refractivity contribution in [1.29, 1.82) is 0 Å². The summed E-state index contributed by atoms with van der Waals surface area (Å²) in [5.74, 6) is -0.0394. The van der Waals surface area contributed by atoms with Crippen molar-refractivity contribution in [2.24, 2.45) is 0 Å². The molecule has 1 N–H and O–H groups in total. The van der Waals surface area contributed by atoms with Gasteiger partial charge in [-0.3, -0.25) is 4.98 Å². The van der Waals surface area contributed by atoms with Crippen LogP contribution in [0.2, 0.25) is 0 Å². The molecular formula is C4H5N2NaO. The second kappa shape index (κ2) is 3.83. The number of rotatable bonds is 0. The Morgan fingerprint density at radius 2 is 2.12 bits per heavy atom. The fourth-order valence-corrected chi connectivity index (χ4v) is 0.291. The number of aromatic nitrogens is 2. The summed E-state index contributed by atoms with van der Waals surface area (Å²) in [5, 5.41) is 8.46. The second-order valence-electron chi connectivity index (χ2n) is 1.06. The molecule has 1 aromatic heterocycles. The molecule has 1 aromatic rings. The van der Waals surface area contributed by atoms with Gasteiger partial charge in [0.1, 0.15) is 0 Å². The molecular weight excluding hydrogens is 115 g/mol. The molecule has 0 aliphatic carbocycles. The van der Waals surface area contributed by atoms with E-state index < -0.39 is 0 Å². The van der Waals surface area contributed by atoms with Crippen LogP contribution in [-0.2, 0) is 0 Å². The van der Waals surface area contributed by atoms with E-state index in [2.05, 4.69) is 9.97 Å². The van der Waals surface area contributed by atoms with Crippen molar-refractivity contribution in [1.82, 2.24) is 9.97 Å². The zero-order valence-electron chi connectivity index (χ0n) is 3.57. The zero-order valence-corrected chi connectivity index (χ0v) is 3.57. The minimum atomic E-state index is -0.0394. The van der Waals surface area contributed by atoms with E-state index in [9.17, 15) is 0 Å². The molecule has 0 aliphatic heterocycles. The van der Waals surface area contributed by atoms with Crippen LogP contribution in [0.1, 0.15) is 0 Å². The van der Waals surface area contributed by atoms with Crippen LogP contribution in [0.3, 0.4) is 0 Å². The molecule has 0 bridgehead atoms. The van der Waals surface area contributed by atoms with Crippen LogP contribution < -0.4 is 0 Å². The van der Waals surface area contributed by atoms with Gasteiger partial charge in [0.25, 0.3) is 0 Å². The maximum absolute atomic E-state index is 8.46. The third kappa shape index (κ3) is 2.26. The Labute approximate surface area is 69.1 Å². The van der Waals surface area contributed by atoms with Crippen LogP contribution in [0, 0.1) is 0 Å². The van der Waals surface area contributed by atoms with Gasteiger partial charge in [0.05, 0.1) is 6.20 Å². The molecule has 0 amide bonds. The zero-order chi connectivity index (χ0) is 5.11. The standard InChI is InChI=1S/C4H4N2O.Na.H/c7-4-3-5-1-2-6-4;;/h1-3H,(H,6,7);;. The summed E-state index contributed by atoms with van der Waals surface area (Å²) in [4.78, 5) is 7.04. The first-order chi connectivity index (χ1) is 3.39. The van der Waals surface area contributed by atoms with Crippen molar-refractivity contribution >= 4 is 29.6 Å². The monoisotopic (exact) mass is 120 g/mol. The molecule has 0 atom stereocenters. The van der Waals surface area contributed by atoms with E-state index in [-0.39, 0.29) is 35.4 Å². The molecule has 1 heterocycles. The fourth-order valence-electron chi connectivity index (χ4n) is 0.291. The van der Waals surface area contributed by atoms with Crippen molar-refractivity contribution in [3.63, 3.8) is 0 Å². The Bertz CT molecular complexity index is 144. The van der Waals surface area contributed by atoms with Crippen LogP contribution >= 0.6 is 0 Å². The SMILES string of the molecule is Oc1cnccn1.[NaH]. The first-order valence-electron chi connectivity index (χ1n) is 1.84. The van der Waals surface area contributed by atoms with Gasteiger partial charge in [-0.05, 0) is 0 Å². The Kier molecular flexibility index (Phi) is 3.77. The first kappa shape index (κ1) is 7.88. The number of nitrogens with zero attached hydrogens (tertiary/aromatic N) is 2. The van der Waals surface area contributed by atoms with E-state index in [4.69, 9.17) is 5.11 Å². The minimum absolute atomic E-state index is 0. The topological polar surface area (TPSA) is 46.0 Å². The van der Waals surface area contributed by atoms with Gasteiger partial charge in [0.2, 0.25) is 5.88 Å². The molecule has 0 aromatic carbocycles. The molecule has 38 valence electrons. The molecule has 0 unspecified atom stereocenters. The number of hydrogen-bond donors (Lipinski definition) is 1. The van der Waals surface area contributed by atoms with Crippen molar-refractivity contribution in [2.45, 2.75) is 0 Å². The molecule has 1 rings (SSSR count). The summed E-state index contributed by atoms with van der Waals surface area (Å²) in [7, 11) is 0. The van der Waals surface area contributed by atoms with E-state index in [1.165, 1.54) is 18.6 Å². The molecule has 3 nitrogen and oxygen atoms in total. The van der Waals surface area contributed by atoms with E-state index in [0.717, 1.165) is 0 Å². The van der Waals surface area contributed by atoms with Gasteiger partial charge in [-0.25, -0.2) is 4.98 Å². The molecule has 0 radical (unpaired) electrons. The molecule has 0 aliphatic rings.